The van der Waals surface area contributed by atoms with Crippen molar-refractivity contribution in [3.8, 4) is 0 Å². The second-order valence-corrected chi connectivity index (χ2v) is 3.89. The Labute approximate surface area is 108 Å². The lowest BCUT2D eigenvalue weighted by Crippen LogP contribution is -2.44. The van der Waals surface area contributed by atoms with Crippen molar-refractivity contribution in [3.05, 3.63) is 11.6 Å². The van der Waals surface area contributed by atoms with E-state index < -0.39 is 23.7 Å². The number of esters is 1. The van der Waals surface area contributed by atoms with Crippen LogP contribution < -0.4 is 5.32 Å². The van der Waals surface area contributed by atoms with Crippen LogP contribution >= 0.6 is 0 Å². The van der Waals surface area contributed by atoms with Gasteiger partial charge >= 0.3 is 18.2 Å². The average molecular weight is 280 g/mol. The van der Waals surface area contributed by atoms with Gasteiger partial charge in [0.2, 0.25) is 0 Å². The van der Waals surface area contributed by atoms with Gasteiger partial charge in [-0.25, -0.2) is 4.79 Å². The maximum absolute atomic E-state index is 12.4. The number of ether oxygens (including phenoxy) is 1. The van der Waals surface area contributed by atoms with Crippen LogP contribution in [0.15, 0.2) is 11.6 Å². The summed E-state index contributed by atoms with van der Waals surface area (Å²) < 4.78 is 41.7. The van der Waals surface area contributed by atoms with Crippen LogP contribution in [0.25, 0.3) is 0 Å². The Morgan fingerprint density at radius 2 is 2.16 bits per heavy atom. The quantitative estimate of drug-likeness (QED) is 0.629. The lowest BCUT2D eigenvalue weighted by Gasteiger charge is -2.27. The van der Waals surface area contributed by atoms with Crippen LogP contribution in [-0.4, -0.2) is 49.3 Å². The summed E-state index contributed by atoms with van der Waals surface area (Å²) in [5.41, 5.74) is -0.623. The minimum absolute atomic E-state index is 0.0278. The topological polar surface area (TPSA) is 58.6 Å². The Hall–Kier alpha value is -1.73. The first kappa shape index (κ1) is 15.3. The predicted octanol–water partition coefficient (Wildman–Crippen LogP) is 1.45. The van der Waals surface area contributed by atoms with Crippen molar-refractivity contribution in [2.75, 3.05) is 26.2 Å². The first-order valence-electron chi connectivity index (χ1n) is 5.79. The van der Waals surface area contributed by atoms with Gasteiger partial charge in [-0.2, -0.15) is 13.2 Å². The zero-order valence-electron chi connectivity index (χ0n) is 10.4. The molecule has 19 heavy (non-hydrogen) atoms. The van der Waals surface area contributed by atoms with E-state index in [0.29, 0.717) is 0 Å². The largest absolute Gasteiger partial charge is 0.465 e. The van der Waals surface area contributed by atoms with Gasteiger partial charge in [0.15, 0.2) is 0 Å². The van der Waals surface area contributed by atoms with Crippen molar-refractivity contribution < 1.29 is 27.5 Å². The first-order chi connectivity index (χ1) is 8.84. The number of halogens is 3. The minimum Gasteiger partial charge on any atom is -0.465 e. The lowest BCUT2D eigenvalue weighted by molar-refractivity contribution is -0.141. The minimum atomic E-state index is -4.34. The van der Waals surface area contributed by atoms with E-state index in [4.69, 9.17) is 0 Å². The summed E-state index contributed by atoms with van der Waals surface area (Å²) in [5.74, 6) is -0.584. The summed E-state index contributed by atoms with van der Waals surface area (Å²) in [6.45, 7) is 1.40. The summed E-state index contributed by atoms with van der Waals surface area (Å²) >= 11 is 0. The molecular weight excluding hydrogens is 265 g/mol. The normalized spacial score (nSPS) is 15.8. The number of hydrogen-bond donors (Lipinski definition) is 1. The van der Waals surface area contributed by atoms with E-state index in [0.717, 1.165) is 6.08 Å². The highest BCUT2D eigenvalue weighted by atomic mass is 19.4. The second kappa shape index (κ2) is 6.44. The SMILES string of the molecule is CCOC(=O)CNC(=O)N1CC=C(C(F)(F)F)CC1. The van der Waals surface area contributed by atoms with E-state index in [1.54, 1.807) is 6.92 Å². The number of nitrogens with zero attached hydrogens (tertiary/aromatic N) is 1. The molecule has 0 spiro atoms. The van der Waals surface area contributed by atoms with Crippen LogP contribution in [0.2, 0.25) is 0 Å². The molecule has 1 N–H and O–H groups in total. The van der Waals surface area contributed by atoms with Gasteiger partial charge in [0.05, 0.1) is 6.61 Å². The summed E-state index contributed by atoms with van der Waals surface area (Å²) in [4.78, 5) is 23.8. The third-order valence-corrected chi connectivity index (χ3v) is 2.55. The number of nitrogens with one attached hydrogen (secondary N) is 1. The molecule has 1 aliphatic heterocycles. The molecule has 2 amide bonds. The molecule has 0 radical (unpaired) electrons. The van der Waals surface area contributed by atoms with Gasteiger partial charge < -0.3 is 15.0 Å². The molecule has 0 saturated heterocycles. The van der Waals surface area contributed by atoms with Crippen LogP contribution in [0, 0.1) is 0 Å². The van der Waals surface area contributed by atoms with Crippen molar-refractivity contribution in [2.45, 2.75) is 19.5 Å². The third kappa shape index (κ3) is 4.80. The fourth-order valence-corrected chi connectivity index (χ4v) is 1.58. The van der Waals surface area contributed by atoms with Gasteiger partial charge in [-0.1, -0.05) is 6.08 Å². The maximum atomic E-state index is 12.4. The Kier molecular flexibility index (Phi) is 5.20. The number of urea groups is 1. The standard InChI is InChI=1S/C11H15F3N2O3/c1-2-19-9(17)7-15-10(18)16-5-3-8(4-6-16)11(12,13)14/h3H,2,4-7H2,1H3,(H,15,18). The van der Waals surface area contributed by atoms with Crippen molar-refractivity contribution in [1.29, 1.82) is 0 Å². The van der Waals surface area contributed by atoms with Crippen LogP contribution in [0.1, 0.15) is 13.3 Å². The Bertz CT molecular complexity index is 380. The van der Waals surface area contributed by atoms with Gasteiger partial charge in [0, 0.05) is 18.7 Å². The predicted molar refractivity (Wildman–Crippen MR) is 60.4 cm³/mol. The average Bonchev–Trinajstić information content (AvgIpc) is 2.35. The first-order valence-corrected chi connectivity index (χ1v) is 5.79. The fourth-order valence-electron chi connectivity index (χ4n) is 1.58. The van der Waals surface area contributed by atoms with E-state index in [1.807, 2.05) is 0 Å². The number of amides is 2. The Balaban J connectivity index is 2.41. The molecule has 0 aromatic heterocycles. The highest BCUT2D eigenvalue weighted by molar-refractivity contribution is 5.81. The third-order valence-electron chi connectivity index (χ3n) is 2.55. The van der Waals surface area contributed by atoms with Crippen LogP contribution in [0.4, 0.5) is 18.0 Å². The molecule has 0 atom stereocenters. The molecule has 0 aliphatic carbocycles. The molecule has 0 fully saturated rings. The van der Waals surface area contributed by atoms with Crippen LogP contribution in [0.3, 0.4) is 0 Å². The van der Waals surface area contributed by atoms with Crippen molar-refractivity contribution in [2.24, 2.45) is 0 Å². The highest BCUT2D eigenvalue weighted by Gasteiger charge is 2.35. The number of rotatable bonds is 3. The number of hydrogen-bond acceptors (Lipinski definition) is 3. The molecule has 0 bridgehead atoms. The summed E-state index contributed by atoms with van der Waals surface area (Å²) in [7, 11) is 0. The lowest BCUT2D eigenvalue weighted by atomic mass is 10.1. The van der Waals surface area contributed by atoms with Crippen molar-refractivity contribution in [1.82, 2.24) is 10.2 Å². The summed E-state index contributed by atoms with van der Waals surface area (Å²) in [5, 5.41) is 2.29. The van der Waals surface area contributed by atoms with Gasteiger partial charge in [0.25, 0.3) is 0 Å². The van der Waals surface area contributed by atoms with Gasteiger partial charge in [-0.3, -0.25) is 4.79 Å². The summed E-state index contributed by atoms with van der Waals surface area (Å²) in [6.07, 6.45) is -3.60. The van der Waals surface area contributed by atoms with E-state index >= 15 is 0 Å². The molecule has 1 rings (SSSR count). The Morgan fingerprint density at radius 3 is 2.63 bits per heavy atom. The van der Waals surface area contributed by atoms with Crippen molar-refractivity contribution in [3.63, 3.8) is 0 Å². The number of carbonyl (C=O) groups is 2. The molecular formula is C11H15F3N2O3. The van der Waals surface area contributed by atoms with E-state index in [2.05, 4.69) is 10.1 Å². The van der Waals surface area contributed by atoms with E-state index in [9.17, 15) is 22.8 Å². The van der Waals surface area contributed by atoms with Gasteiger partial charge in [-0.15, -0.1) is 0 Å². The number of alkyl halides is 3. The molecule has 1 aliphatic rings. The Morgan fingerprint density at radius 1 is 1.47 bits per heavy atom. The molecule has 1 heterocycles. The zero-order valence-corrected chi connectivity index (χ0v) is 10.4. The van der Waals surface area contributed by atoms with Crippen molar-refractivity contribution >= 4 is 12.0 Å². The molecule has 108 valence electrons. The monoisotopic (exact) mass is 280 g/mol. The molecule has 5 nitrogen and oxygen atoms in total. The number of carbonyl (C=O) groups excluding carboxylic acids is 2. The molecule has 8 heteroatoms. The maximum Gasteiger partial charge on any atom is 0.412 e. The smallest absolute Gasteiger partial charge is 0.412 e. The van der Waals surface area contributed by atoms with Gasteiger partial charge in [0.1, 0.15) is 6.54 Å². The molecule has 0 aromatic rings. The zero-order chi connectivity index (χ0) is 14.5. The van der Waals surface area contributed by atoms with E-state index in [-0.39, 0.29) is 32.7 Å². The van der Waals surface area contributed by atoms with Gasteiger partial charge in [-0.05, 0) is 13.3 Å². The highest BCUT2D eigenvalue weighted by Crippen LogP contribution is 2.29. The van der Waals surface area contributed by atoms with Crippen LogP contribution in [-0.2, 0) is 9.53 Å². The molecule has 0 unspecified atom stereocenters. The summed E-state index contributed by atoms with van der Waals surface area (Å²) in [6, 6.07) is -0.578. The molecule has 0 saturated carbocycles. The fraction of sp³-hybridized carbons (Fsp3) is 0.636. The molecule has 0 aromatic carbocycles. The second-order valence-electron chi connectivity index (χ2n) is 3.89. The van der Waals surface area contributed by atoms with Crippen LogP contribution in [0.5, 0.6) is 0 Å². The van der Waals surface area contributed by atoms with E-state index in [1.165, 1.54) is 4.90 Å².